The van der Waals surface area contributed by atoms with E-state index in [2.05, 4.69) is 0 Å². The summed E-state index contributed by atoms with van der Waals surface area (Å²) in [4.78, 5) is 14.1. The molecule has 1 aromatic heterocycles. The van der Waals surface area contributed by atoms with Crippen LogP contribution in [0.4, 0.5) is 10.1 Å². The van der Waals surface area contributed by atoms with Crippen LogP contribution >= 0.6 is 11.3 Å². The Bertz CT molecular complexity index is 816. The fourth-order valence-corrected chi connectivity index (χ4v) is 5.00. The summed E-state index contributed by atoms with van der Waals surface area (Å²) in [6.07, 6.45) is 0. The monoisotopic (exact) mass is 384 g/mol. The van der Waals surface area contributed by atoms with Crippen molar-refractivity contribution in [2.75, 3.05) is 37.2 Å². The zero-order valence-electron chi connectivity index (χ0n) is 13.3. The van der Waals surface area contributed by atoms with Gasteiger partial charge in [-0.1, -0.05) is 6.07 Å². The van der Waals surface area contributed by atoms with Crippen molar-refractivity contribution in [1.82, 2.24) is 4.90 Å². The van der Waals surface area contributed by atoms with E-state index >= 15 is 0 Å². The maximum Gasteiger partial charge on any atom is 0.274 e. The minimum absolute atomic E-state index is 0.131. The summed E-state index contributed by atoms with van der Waals surface area (Å²) in [6, 6.07) is 8.16. The van der Waals surface area contributed by atoms with Gasteiger partial charge in [-0.25, -0.2) is 12.8 Å². The predicted molar refractivity (Wildman–Crippen MR) is 92.6 cm³/mol. The third kappa shape index (κ3) is 4.00. The first-order valence-corrected chi connectivity index (χ1v) is 9.98. The van der Waals surface area contributed by atoms with Crippen LogP contribution in [0.15, 0.2) is 46.0 Å². The third-order valence-electron chi connectivity index (χ3n) is 3.80. The van der Waals surface area contributed by atoms with Gasteiger partial charge in [0.05, 0.1) is 18.9 Å². The number of carbonyl (C=O) groups is 1. The molecule has 0 N–H and O–H groups in total. The average molecular weight is 384 g/mol. The highest BCUT2D eigenvalue weighted by molar-refractivity contribution is 7.94. The maximum atomic E-state index is 13.2. The Morgan fingerprint density at radius 2 is 1.88 bits per heavy atom. The number of morpholine rings is 1. The van der Waals surface area contributed by atoms with Crippen LogP contribution in [-0.4, -0.2) is 52.1 Å². The van der Waals surface area contributed by atoms with E-state index in [-0.39, 0.29) is 22.3 Å². The zero-order valence-corrected chi connectivity index (χ0v) is 14.9. The number of hydrogen-bond donors (Lipinski definition) is 0. The van der Waals surface area contributed by atoms with Crippen LogP contribution < -0.4 is 4.31 Å². The largest absolute Gasteiger partial charge is 0.378 e. The smallest absolute Gasteiger partial charge is 0.274 e. The fraction of sp³-hybridized carbons (Fsp3) is 0.312. The second-order valence-corrected chi connectivity index (χ2v) is 8.45. The molecule has 0 aliphatic carbocycles. The average Bonchev–Trinajstić information content (AvgIpc) is 3.16. The number of ether oxygens (including phenoxy) is 1. The number of anilines is 1. The molecule has 2 aromatic rings. The number of carbonyl (C=O) groups excluding carboxylic acids is 1. The summed E-state index contributed by atoms with van der Waals surface area (Å²) in [6.45, 7) is 1.37. The lowest BCUT2D eigenvalue weighted by Crippen LogP contribution is -2.47. The van der Waals surface area contributed by atoms with Gasteiger partial charge >= 0.3 is 0 Å². The van der Waals surface area contributed by atoms with E-state index in [0.29, 0.717) is 26.3 Å². The molecule has 0 atom stereocenters. The molecule has 1 aliphatic rings. The van der Waals surface area contributed by atoms with Crippen molar-refractivity contribution >= 4 is 33.0 Å². The highest BCUT2D eigenvalue weighted by Crippen LogP contribution is 2.26. The first kappa shape index (κ1) is 17.8. The van der Waals surface area contributed by atoms with E-state index in [9.17, 15) is 17.6 Å². The molecule has 2 heterocycles. The number of rotatable bonds is 5. The molecule has 0 radical (unpaired) electrons. The molecular formula is C16H17FN2O4S2. The molecule has 9 heteroatoms. The van der Waals surface area contributed by atoms with Gasteiger partial charge in [0.25, 0.3) is 10.0 Å². The Balaban J connectivity index is 1.91. The number of halogens is 1. The lowest BCUT2D eigenvalue weighted by molar-refractivity contribution is -0.133. The molecule has 0 bridgehead atoms. The van der Waals surface area contributed by atoms with Crippen LogP contribution in [0.1, 0.15) is 0 Å². The van der Waals surface area contributed by atoms with E-state index in [1.807, 2.05) is 0 Å². The van der Waals surface area contributed by atoms with E-state index in [0.717, 1.165) is 15.6 Å². The molecular weight excluding hydrogens is 367 g/mol. The van der Waals surface area contributed by atoms with E-state index < -0.39 is 15.8 Å². The van der Waals surface area contributed by atoms with Crippen LogP contribution in [0, 0.1) is 5.82 Å². The van der Waals surface area contributed by atoms with Gasteiger partial charge in [-0.2, -0.15) is 0 Å². The molecule has 134 valence electrons. The SMILES string of the molecule is O=C(CN(c1ccc(F)cc1)S(=O)(=O)c1cccs1)N1CCOCC1. The second-order valence-electron chi connectivity index (χ2n) is 5.41. The minimum Gasteiger partial charge on any atom is -0.378 e. The number of benzene rings is 1. The van der Waals surface area contributed by atoms with Gasteiger partial charge in [-0.05, 0) is 35.7 Å². The highest BCUT2D eigenvalue weighted by atomic mass is 32.2. The lowest BCUT2D eigenvalue weighted by atomic mass is 10.3. The quantitative estimate of drug-likeness (QED) is 0.790. The van der Waals surface area contributed by atoms with Gasteiger partial charge in [0, 0.05) is 13.1 Å². The summed E-state index contributed by atoms with van der Waals surface area (Å²) < 4.78 is 45.5. The number of sulfonamides is 1. The minimum atomic E-state index is -3.91. The van der Waals surface area contributed by atoms with Gasteiger partial charge in [-0.3, -0.25) is 9.10 Å². The maximum absolute atomic E-state index is 13.2. The Hall–Kier alpha value is -1.97. The number of hydrogen-bond acceptors (Lipinski definition) is 5. The highest BCUT2D eigenvalue weighted by Gasteiger charge is 2.30. The van der Waals surface area contributed by atoms with Crippen molar-refractivity contribution < 1.29 is 22.3 Å². The molecule has 1 amide bonds. The van der Waals surface area contributed by atoms with Gasteiger partial charge in [0.15, 0.2) is 0 Å². The summed E-state index contributed by atoms with van der Waals surface area (Å²) in [7, 11) is -3.91. The molecule has 3 rings (SSSR count). The lowest BCUT2D eigenvalue weighted by Gasteiger charge is -2.30. The molecule has 0 saturated carbocycles. The van der Waals surface area contributed by atoms with Crippen molar-refractivity contribution in [3.8, 4) is 0 Å². The van der Waals surface area contributed by atoms with Crippen molar-refractivity contribution in [2.45, 2.75) is 4.21 Å². The van der Waals surface area contributed by atoms with E-state index in [1.54, 1.807) is 16.3 Å². The molecule has 25 heavy (non-hydrogen) atoms. The summed E-state index contributed by atoms with van der Waals surface area (Å²) in [5.41, 5.74) is 0.247. The number of thiophene rings is 1. The molecule has 1 aromatic carbocycles. The molecule has 1 aliphatic heterocycles. The van der Waals surface area contributed by atoms with Crippen molar-refractivity contribution in [2.24, 2.45) is 0 Å². The first-order chi connectivity index (χ1) is 12.0. The topological polar surface area (TPSA) is 66.9 Å². The van der Waals surface area contributed by atoms with Gasteiger partial charge < -0.3 is 9.64 Å². The molecule has 6 nitrogen and oxygen atoms in total. The van der Waals surface area contributed by atoms with Crippen LogP contribution in [0.25, 0.3) is 0 Å². The zero-order chi connectivity index (χ0) is 17.9. The van der Waals surface area contributed by atoms with E-state index in [1.165, 1.54) is 30.3 Å². The summed E-state index contributed by atoms with van der Waals surface area (Å²) in [5, 5.41) is 1.65. The summed E-state index contributed by atoms with van der Waals surface area (Å²) in [5.74, 6) is -0.788. The van der Waals surface area contributed by atoms with Crippen molar-refractivity contribution in [3.05, 3.63) is 47.6 Å². The molecule has 1 fully saturated rings. The normalized spacial score (nSPS) is 15.2. The van der Waals surface area contributed by atoms with Crippen molar-refractivity contribution in [3.63, 3.8) is 0 Å². The molecule has 0 unspecified atom stereocenters. The van der Waals surface area contributed by atoms with Crippen LogP contribution in [0.3, 0.4) is 0 Å². The predicted octanol–water partition coefficient (Wildman–Crippen LogP) is 1.94. The van der Waals surface area contributed by atoms with Crippen LogP contribution in [0.5, 0.6) is 0 Å². The Morgan fingerprint density at radius 1 is 1.20 bits per heavy atom. The molecule has 0 spiro atoms. The Labute approximate surface area is 149 Å². The first-order valence-electron chi connectivity index (χ1n) is 7.66. The number of amides is 1. The van der Waals surface area contributed by atoms with Gasteiger partial charge in [0.2, 0.25) is 5.91 Å². The van der Waals surface area contributed by atoms with E-state index in [4.69, 9.17) is 4.74 Å². The Kier molecular flexibility index (Phi) is 5.36. The summed E-state index contributed by atoms with van der Waals surface area (Å²) >= 11 is 1.07. The van der Waals surface area contributed by atoms with Crippen LogP contribution in [-0.2, 0) is 19.6 Å². The van der Waals surface area contributed by atoms with Crippen molar-refractivity contribution in [1.29, 1.82) is 0 Å². The standard InChI is InChI=1S/C16H17FN2O4S2/c17-13-3-5-14(6-4-13)19(25(21,22)16-2-1-11-24-16)12-15(20)18-7-9-23-10-8-18/h1-6,11H,7-10,12H2. The molecule has 1 saturated heterocycles. The van der Waals surface area contributed by atoms with Gasteiger partial charge in [0.1, 0.15) is 16.6 Å². The third-order valence-corrected chi connectivity index (χ3v) is 6.94. The van der Waals surface area contributed by atoms with Gasteiger partial charge in [-0.15, -0.1) is 11.3 Å². The van der Waals surface area contributed by atoms with Crippen LogP contribution in [0.2, 0.25) is 0 Å². The second kappa shape index (κ2) is 7.51. The Morgan fingerprint density at radius 3 is 2.48 bits per heavy atom. The number of nitrogens with zero attached hydrogens (tertiary/aromatic N) is 2. The fourth-order valence-electron chi connectivity index (χ4n) is 2.48.